The summed E-state index contributed by atoms with van der Waals surface area (Å²) in [5.41, 5.74) is 3.60. The number of hydrogen-bond acceptors (Lipinski definition) is 3. The summed E-state index contributed by atoms with van der Waals surface area (Å²) < 4.78 is 19.1. The van der Waals surface area contributed by atoms with E-state index in [4.69, 9.17) is 4.74 Å². The molecule has 0 spiro atoms. The smallest absolute Gasteiger partial charge is 0.262 e. The van der Waals surface area contributed by atoms with E-state index in [0.717, 1.165) is 17.5 Å². The van der Waals surface area contributed by atoms with Crippen LogP contribution < -0.4 is 10.1 Å². The average molecular weight is 461 g/mol. The van der Waals surface area contributed by atoms with Gasteiger partial charge in [0.05, 0.1) is 6.04 Å². The van der Waals surface area contributed by atoms with E-state index in [1.165, 1.54) is 23.8 Å². The molecule has 1 unspecified atom stereocenters. The summed E-state index contributed by atoms with van der Waals surface area (Å²) in [7, 11) is 0. The molecule has 176 valence electrons. The first-order chi connectivity index (χ1) is 16.4. The Morgan fingerprint density at radius 3 is 2.59 bits per heavy atom. The molecule has 0 saturated carbocycles. The second kappa shape index (κ2) is 10.5. The van der Waals surface area contributed by atoms with Gasteiger partial charge in [0.15, 0.2) is 6.61 Å². The van der Waals surface area contributed by atoms with Crippen molar-refractivity contribution < 1.29 is 18.7 Å². The monoisotopic (exact) mass is 460 g/mol. The molecular weight excluding hydrogens is 431 g/mol. The van der Waals surface area contributed by atoms with Gasteiger partial charge in [-0.25, -0.2) is 4.39 Å². The predicted molar refractivity (Wildman–Crippen MR) is 130 cm³/mol. The highest BCUT2D eigenvalue weighted by Gasteiger charge is 2.32. The van der Waals surface area contributed by atoms with Crippen molar-refractivity contribution in [3.63, 3.8) is 0 Å². The van der Waals surface area contributed by atoms with Crippen molar-refractivity contribution in [1.82, 2.24) is 4.90 Å². The summed E-state index contributed by atoms with van der Waals surface area (Å²) in [6, 6.07) is 21.3. The molecular formula is C28H29FN2O3. The van der Waals surface area contributed by atoms with Gasteiger partial charge >= 0.3 is 0 Å². The minimum absolute atomic E-state index is 0.135. The van der Waals surface area contributed by atoms with Crippen LogP contribution in [-0.2, 0) is 16.0 Å². The van der Waals surface area contributed by atoms with Gasteiger partial charge in [-0.1, -0.05) is 56.3 Å². The lowest BCUT2D eigenvalue weighted by Crippen LogP contribution is -2.41. The first-order valence-electron chi connectivity index (χ1n) is 11.6. The Kier molecular flexibility index (Phi) is 7.26. The maximum atomic E-state index is 13.4. The Balaban J connectivity index is 1.55. The highest BCUT2D eigenvalue weighted by Crippen LogP contribution is 2.37. The molecule has 4 rings (SSSR count). The first-order valence-corrected chi connectivity index (χ1v) is 11.6. The van der Waals surface area contributed by atoms with Gasteiger partial charge < -0.3 is 15.0 Å². The van der Waals surface area contributed by atoms with Crippen LogP contribution >= 0.6 is 0 Å². The lowest BCUT2D eigenvalue weighted by molar-refractivity contribution is -0.134. The van der Waals surface area contributed by atoms with E-state index in [0.29, 0.717) is 24.4 Å². The van der Waals surface area contributed by atoms with Crippen molar-refractivity contribution in [1.29, 1.82) is 0 Å². The van der Waals surface area contributed by atoms with Gasteiger partial charge in [-0.2, -0.15) is 0 Å². The Bertz CT molecular complexity index is 1160. The number of fused-ring (bicyclic) bond motifs is 1. The maximum Gasteiger partial charge on any atom is 0.262 e. The maximum absolute atomic E-state index is 13.4. The molecule has 6 heteroatoms. The van der Waals surface area contributed by atoms with Crippen LogP contribution in [-0.4, -0.2) is 29.9 Å². The number of hydrogen-bond donors (Lipinski definition) is 1. The molecule has 0 aromatic heterocycles. The number of benzene rings is 3. The van der Waals surface area contributed by atoms with Crippen LogP contribution in [0.2, 0.25) is 0 Å². The third-order valence-corrected chi connectivity index (χ3v) is 5.84. The lowest BCUT2D eigenvalue weighted by atomic mass is 9.87. The number of carbonyl (C=O) groups excluding carboxylic acids is 2. The standard InChI is InChI=1S/C28H29FN2O3/c1-19(2)15-27(33)31-14-13-20-11-12-24(17-25(20)28(31)21-7-4-3-5-8-21)34-18-26(32)30-23-10-6-9-22(29)16-23/h3-12,16-17,19,28H,13-15,18H2,1-2H3,(H,30,32). The molecule has 0 radical (unpaired) electrons. The van der Waals surface area contributed by atoms with Crippen molar-refractivity contribution >= 4 is 17.5 Å². The fourth-order valence-corrected chi connectivity index (χ4v) is 4.33. The average Bonchev–Trinajstić information content (AvgIpc) is 2.82. The molecule has 0 bridgehead atoms. The number of halogens is 1. The molecule has 3 aromatic carbocycles. The number of carbonyl (C=O) groups is 2. The first kappa shape index (κ1) is 23.5. The quantitative estimate of drug-likeness (QED) is 0.516. The van der Waals surface area contributed by atoms with Crippen molar-refractivity contribution in [2.24, 2.45) is 5.92 Å². The second-order valence-electron chi connectivity index (χ2n) is 8.96. The van der Waals surface area contributed by atoms with E-state index in [2.05, 4.69) is 5.32 Å². The summed E-state index contributed by atoms with van der Waals surface area (Å²) in [5.74, 6) is 0.160. The third-order valence-electron chi connectivity index (χ3n) is 5.84. The van der Waals surface area contributed by atoms with Gasteiger partial charge in [0.1, 0.15) is 11.6 Å². The molecule has 34 heavy (non-hydrogen) atoms. The summed E-state index contributed by atoms with van der Waals surface area (Å²) in [5, 5.41) is 2.63. The van der Waals surface area contributed by atoms with Crippen molar-refractivity contribution in [2.75, 3.05) is 18.5 Å². The van der Waals surface area contributed by atoms with Crippen molar-refractivity contribution in [2.45, 2.75) is 32.7 Å². The SMILES string of the molecule is CC(C)CC(=O)N1CCc2ccc(OCC(=O)Nc3cccc(F)c3)cc2C1c1ccccc1. The highest BCUT2D eigenvalue weighted by atomic mass is 19.1. The van der Waals surface area contributed by atoms with Gasteiger partial charge in [-0.15, -0.1) is 0 Å². The molecule has 0 fully saturated rings. The molecule has 0 saturated heterocycles. The minimum atomic E-state index is -0.420. The Labute approximate surface area is 199 Å². The number of ether oxygens (including phenoxy) is 1. The van der Waals surface area contributed by atoms with Gasteiger partial charge in [-0.3, -0.25) is 9.59 Å². The Morgan fingerprint density at radius 2 is 1.85 bits per heavy atom. The Hall–Kier alpha value is -3.67. The molecule has 1 heterocycles. The van der Waals surface area contributed by atoms with Crippen molar-refractivity contribution in [3.8, 4) is 5.75 Å². The minimum Gasteiger partial charge on any atom is -0.484 e. The zero-order valence-electron chi connectivity index (χ0n) is 19.5. The van der Waals surface area contributed by atoms with Gasteiger partial charge in [0.2, 0.25) is 5.91 Å². The summed E-state index contributed by atoms with van der Waals surface area (Å²) in [4.78, 5) is 27.4. The highest BCUT2D eigenvalue weighted by molar-refractivity contribution is 5.91. The van der Waals surface area contributed by atoms with Crippen LogP contribution in [0.15, 0.2) is 72.8 Å². The van der Waals surface area contributed by atoms with Gasteiger partial charge in [0.25, 0.3) is 5.91 Å². The zero-order chi connectivity index (χ0) is 24.1. The predicted octanol–water partition coefficient (Wildman–Crippen LogP) is 5.36. The summed E-state index contributed by atoms with van der Waals surface area (Å²) in [6.07, 6.45) is 1.26. The van der Waals surface area contributed by atoms with Crippen LogP contribution in [0.1, 0.15) is 43.0 Å². The van der Waals surface area contributed by atoms with E-state index < -0.39 is 5.82 Å². The van der Waals surface area contributed by atoms with Gasteiger partial charge in [-0.05, 0) is 59.4 Å². The molecule has 1 N–H and O–H groups in total. The fourth-order valence-electron chi connectivity index (χ4n) is 4.33. The molecule has 3 aromatic rings. The molecule has 1 aliphatic rings. The number of amides is 2. The number of nitrogens with zero attached hydrogens (tertiary/aromatic N) is 1. The molecule has 0 aliphatic carbocycles. The van der Waals surface area contributed by atoms with Crippen LogP contribution in [0.5, 0.6) is 5.75 Å². The second-order valence-corrected chi connectivity index (χ2v) is 8.96. The summed E-state index contributed by atoms with van der Waals surface area (Å²) in [6.45, 7) is 4.55. The topological polar surface area (TPSA) is 58.6 Å². The van der Waals surface area contributed by atoms with E-state index in [9.17, 15) is 14.0 Å². The molecule has 5 nitrogen and oxygen atoms in total. The Morgan fingerprint density at radius 1 is 1.06 bits per heavy atom. The van der Waals surface area contributed by atoms with E-state index in [1.54, 1.807) is 6.07 Å². The number of anilines is 1. The molecule has 1 atom stereocenters. The lowest BCUT2D eigenvalue weighted by Gasteiger charge is -2.38. The normalized spacial score (nSPS) is 15.1. The van der Waals surface area contributed by atoms with E-state index >= 15 is 0 Å². The van der Waals surface area contributed by atoms with Crippen molar-refractivity contribution in [3.05, 3.63) is 95.3 Å². The van der Waals surface area contributed by atoms with Crippen LogP contribution in [0.3, 0.4) is 0 Å². The zero-order valence-corrected chi connectivity index (χ0v) is 19.5. The van der Waals surface area contributed by atoms with Crippen LogP contribution in [0, 0.1) is 11.7 Å². The number of nitrogens with one attached hydrogen (secondary N) is 1. The van der Waals surface area contributed by atoms with E-state index in [-0.39, 0.29) is 30.4 Å². The van der Waals surface area contributed by atoms with Gasteiger partial charge in [0, 0.05) is 18.7 Å². The molecule has 1 aliphatic heterocycles. The van der Waals surface area contributed by atoms with E-state index in [1.807, 2.05) is 67.3 Å². The largest absolute Gasteiger partial charge is 0.484 e. The fraction of sp³-hybridized carbons (Fsp3) is 0.286. The molecule has 2 amide bonds. The van der Waals surface area contributed by atoms with Crippen LogP contribution in [0.4, 0.5) is 10.1 Å². The summed E-state index contributed by atoms with van der Waals surface area (Å²) >= 11 is 0. The number of rotatable bonds is 7. The van der Waals surface area contributed by atoms with Crippen LogP contribution in [0.25, 0.3) is 0 Å². The third kappa shape index (κ3) is 5.63.